The Bertz CT molecular complexity index is 1090. The summed E-state index contributed by atoms with van der Waals surface area (Å²) in [7, 11) is -3.75. The molecule has 2 heterocycles. The van der Waals surface area contributed by atoms with E-state index in [1.807, 2.05) is 29.6 Å². The summed E-state index contributed by atoms with van der Waals surface area (Å²) < 4.78 is 28.3. The highest BCUT2D eigenvalue weighted by molar-refractivity contribution is 7.89. The largest absolute Gasteiger partial charge is 0.325 e. The Balaban J connectivity index is 1.56. The van der Waals surface area contributed by atoms with Crippen molar-refractivity contribution in [1.29, 1.82) is 0 Å². The highest BCUT2D eigenvalue weighted by atomic mass is 35.5. The number of nitrogens with one attached hydrogen (secondary N) is 1. The van der Waals surface area contributed by atoms with Gasteiger partial charge in [-0.25, -0.2) is 8.42 Å². The zero-order valence-corrected chi connectivity index (χ0v) is 16.7. The van der Waals surface area contributed by atoms with Gasteiger partial charge in [-0.3, -0.25) is 4.79 Å². The number of amides is 1. The first-order valence-electron chi connectivity index (χ1n) is 8.51. The number of fused-ring (bicyclic) bond motifs is 1. The summed E-state index contributed by atoms with van der Waals surface area (Å²) in [4.78, 5) is 12.9. The van der Waals surface area contributed by atoms with Gasteiger partial charge in [-0.1, -0.05) is 11.6 Å². The van der Waals surface area contributed by atoms with Gasteiger partial charge in [-0.2, -0.15) is 4.31 Å². The molecule has 0 bridgehead atoms. The van der Waals surface area contributed by atoms with Crippen LogP contribution in [0.25, 0.3) is 10.1 Å². The number of sulfonamides is 1. The molecular weight excluding hydrogens is 404 g/mol. The SMILES string of the molecule is O=C(Nc1ccc2sccc2c1)C1CCCN1S(=O)(=O)c1ccc(Cl)cc1. The Morgan fingerprint density at radius 2 is 1.93 bits per heavy atom. The lowest BCUT2D eigenvalue weighted by atomic mass is 10.2. The van der Waals surface area contributed by atoms with E-state index in [9.17, 15) is 13.2 Å². The minimum Gasteiger partial charge on any atom is -0.325 e. The topological polar surface area (TPSA) is 66.5 Å². The van der Waals surface area contributed by atoms with Crippen molar-refractivity contribution >= 4 is 54.6 Å². The molecule has 1 aromatic heterocycles. The minimum absolute atomic E-state index is 0.145. The van der Waals surface area contributed by atoms with E-state index in [1.165, 1.54) is 28.6 Å². The molecule has 2 aromatic carbocycles. The maximum Gasteiger partial charge on any atom is 0.243 e. The quantitative estimate of drug-likeness (QED) is 0.682. The van der Waals surface area contributed by atoms with Crippen molar-refractivity contribution in [3.8, 4) is 0 Å². The molecule has 1 unspecified atom stereocenters. The minimum atomic E-state index is -3.75. The second-order valence-electron chi connectivity index (χ2n) is 6.39. The number of thiophene rings is 1. The zero-order chi connectivity index (χ0) is 19.0. The predicted molar refractivity (Wildman–Crippen MR) is 109 cm³/mol. The lowest BCUT2D eigenvalue weighted by Crippen LogP contribution is -2.43. The van der Waals surface area contributed by atoms with Crippen molar-refractivity contribution in [3.63, 3.8) is 0 Å². The second kappa shape index (κ2) is 7.24. The molecule has 4 rings (SSSR count). The molecule has 5 nitrogen and oxygen atoms in total. The molecule has 140 valence electrons. The molecule has 1 atom stereocenters. The summed E-state index contributed by atoms with van der Waals surface area (Å²) >= 11 is 7.49. The molecular formula is C19H17ClN2O3S2. The van der Waals surface area contributed by atoms with Crippen LogP contribution in [0.15, 0.2) is 58.8 Å². The van der Waals surface area contributed by atoms with E-state index in [-0.39, 0.29) is 10.8 Å². The lowest BCUT2D eigenvalue weighted by molar-refractivity contribution is -0.119. The highest BCUT2D eigenvalue weighted by Crippen LogP contribution is 2.29. The fourth-order valence-corrected chi connectivity index (χ4v) is 5.86. The van der Waals surface area contributed by atoms with Gasteiger partial charge in [0.2, 0.25) is 15.9 Å². The van der Waals surface area contributed by atoms with Gasteiger partial charge in [0.05, 0.1) is 4.90 Å². The molecule has 1 fully saturated rings. The van der Waals surface area contributed by atoms with Gasteiger partial charge in [-0.05, 0) is 72.1 Å². The first-order chi connectivity index (χ1) is 12.9. The average molecular weight is 421 g/mol. The maximum absolute atomic E-state index is 13.0. The Kier molecular flexibility index (Phi) is 4.94. The third-order valence-electron chi connectivity index (χ3n) is 4.65. The van der Waals surface area contributed by atoms with Crippen LogP contribution >= 0.6 is 22.9 Å². The normalized spacial score (nSPS) is 18.0. The van der Waals surface area contributed by atoms with Gasteiger partial charge in [0.1, 0.15) is 6.04 Å². The van der Waals surface area contributed by atoms with Crippen LogP contribution in [-0.4, -0.2) is 31.2 Å². The summed E-state index contributed by atoms with van der Waals surface area (Å²) in [6.45, 7) is 0.326. The first kappa shape index (κ1) is 18.4. The molecule has 27 heavy (non-hydrogen) atoms. The van der Waals surface area contributed by atoms with Crippen LogP contribution in [0.4, 0.5) is 5.69 Å². The molecule has 1 aliphatic heterocycles. The van der Waals surface area contributed by atoms with Gasteiger partial charge >= 0.3 is 0 Å². The first-order valence-corrected chi connectivity index (χ1v) is 11.2. The monoisotopic (exact) mass is 420 g/mol. The van der Waals surface area contributed by atoms with Crippen molar-refractivity contribution in [2.45, 2.75) is 23.8 Å². The number of anilines is 1. The number of carbonyl (C=O) groups excluding carboxylic acids is 1. The molecule has 0 saturated carbocycles. The van der Waals surface area contributed by atoms with E-state index in [4.69, 9.17) is 11.6 Å². The van der Waals surface area contributed by atoms with E-state index < -0.39 is 16.1 Å². The van der Waals surface area contributed by atoms with Crippen LogP contribution in [0.2, 0.25) is 5.02 Å². The zero-order valence-electron chi connectivity index (χ0n) is 14.3. The van der Waals surface area contributed by atoms with Crippen molar-refractivity contribution in [2.24, 2.45) is 0 Å². The number of rotatable bonds is 4. The number of halogens is 1. The maximum atomic E-state index is 13.0. The molecule has 0 spiro atoms. The number of hydrogen-bond acceptors (Lipinski definition) is 4. The highest BCUT2D eigenvalue weighted by Gasteiger charge is 2.39. The van der Waals surface area contributed by atoms with Crippen molar-refractivity contribution in [2.75, 3.05) is 11.9 Å². The third kappa shape index (κ3) is 3.60. The van der Waals surface area contributed by atoms with Gasteiger partial charge in [0.15, 0.2) is 0 Å². The van der Waals surface area contributed by atoms with Gasteiger partial charge in [0.25, 0.3) is 0 Å². The molecule has 8 heteroatoms. The Morgan fingerprint density at radius 3 is 2.70 bits per heavy atom. The van der Waals surface area contributed by atoms with E-state index in [2.05, 4.69) is 5.32 Å². The lowest BCUT2D eigenvalue weighted by Gasteiger charge is -2.23. The number of nitrogens with zero attached hydrogens (tertiary/aromatic N) is 1. The Hall–Kier alpha value is -1.93. The average Bonchev–Trinajstić information content (AvgIpc) is 3.31. The van der Waals surface area contributed by atoms with Crippen LogP contribution < -0.4 is 5.32 Å². The van der Waals surface area contributed by atoms with Crippen LogP contribution in [0.5, 0.6) is 0 Å². The van der Waals surface area contributed by atoms with Crippen molar-refractivity contribution in [3.05, 3.63) is 58.9 Å². The molecule has 3 aromatic rings. The van der Waals surface area contributed by atoms with Crippen LogP contribution in [0, 0.1) is 0 Å². The van der Waals surface area contributed by atoms with Crippen molar-refractivity contribution in [1.82, 2.24) is 4.31 Å². The third-order valence-corrected chi connectivity index (χ3v) is 7.72. The molecule has 1 saturated heterocycles. The Morgan fingerprint density at radius 1 is 1.15 bits per heavy atom. The molecule has 1 aliphatic rings. The van der Waals surface area contributed by atoms with Gasteiger partial charge < -0.3 is 5.32 Å². The molecule has 0 aliphatic carbocycles. The van der Waals surface area contributed by atoms with Crippen molar-refractivity contribution < 1.29 is 13.2 Å². The summed E-state index contributed by atoms with van der Waals surface area (Å²) in [5, 5.41) is 6.38. The smallest absolute Gasteiger partial charge is 0.243 e. The van der Waals surface area contributed by atoms with Crippen LogP contribution in [-0.2, 0) is 14.8 Å². The van der Waals surface area contributed by atoms with Gasteiger partial charge in [-0.15, -0.1) is 11.3 Å². The van der Waals surface area contributed by atoms with Gasteiger partial charge in [0, 0.05) is 22.0 Å². The second-order valence-corrected chi connectivity index (χ2v) is 9.66. The summed E-state index contributed by atoms with van der Waals surface area (Å²) in [5.74, 6) is -0.306. The summed E-state index contributed by atoms with van der Waals surface area (Å²) in [5.41, 5.74) is 0.668. The number of carbonyl (C=O) groups is 1. The summed E-state index contributed by atoms with van der Waals surface area (Å²) in [6, 6.07) is 13.0. The fraction of sp³-hybridized carbons (Fsp3) is 0.211. The van der Waals surface area contributed by atoms with Crippen LogP contribution in [0.1, 0.15) is 12.8 Å². The molecule has 0 radical (unpaired) electrons. The van der Waals surface area contributed by atoms with E-state index in [0.29, 0.717) is 30.1 Å². The number of benzene rings is 2. The van der Waals surface area contributed by atoms with E-state index in [1.54, 1.807) is 11.3 Å². The standard InChI is InChI=1S/C19H17ClN2O3S2/c20-14-3-6-16(7-4-14)27(24,25)22-10-1-2-17(22)19(23)21-15-5-8-18-13(12-15)9-11-26-18/h3-9,11-12,17H,1-2,10H2,(H,21,23). The number of hydrogen-bond donors (Lipinski definition) is 1. The summed E-state index contributed by atoms with van der Waals surface area (Å²) in [6.07, 6.45) is 1.15. The van der Waals surface area contributed by atoms with E-state index >= 15 is 0 Å². The Labute approximate surface area is 166 Å². The predicted octanol–water partition coefficient (Wildman–Crippen LogP) is 4.35. The fourth-order valence-electron chi connectivity index (χ4n) is 3.30. The van der Waals surface area contributed by atoms with Crippen LogP contribution in [0.3, 0.4) is 0 Å². The molecule has 1 amide bonds. The molecule has 1 N–H and O–H groups in total. The van der Waals surface area contributed by atoms with E-state index in [0.717, 1.165) is 10.1 Å².